The maximum atomic E-state index is 5.48. The average molecular weight is 202 g/mol. The number of para-hydroxylation sites is 1. The molecular weight excluding hydrogens is 184 g/mol. The Labute approximate surface area is 91.4 Å². The lowest BCUT2D eigenvalue weighted by atomic mass is 10.1. The number of hydrogen-bond donors (Lipinski definition) is 1. The van der Waals surface area contributed by atoms with E-state index in [1.807, 2.05) is 6.08 Å². The highest BCUT2D eigenvalue weighted by atomic mass is 15.1. The second-order valence-corrected chi connectivity index (χ2v) is 3.89. The van der Waals surface area contributed by atoms with Crippen molar-refractivity contribution in [3.8, 4) is 0 Å². The summed E-state index contributed by atoms with van der Waals surface area (Å²) in [4.78, 5) is 2.45. The topological polar surface area (TPSA) is 29.3 Å². The molecule has 2 rings (SSSR count). The minimum Gasteiger partial charge on any atom is -0.371 e. The summed E-state index contributed by atoms with van der Waals surface area (Å²) in [5.41, 5.74) is 8.11. The van der Waals surface area contributed by atoms with Crippen LogP contribution in [0.15, 0.2) is 30.3 Å². The van der Waals surface area contributed by atoms with E-state index in [2.05, 4.69) is 35.2 Å². The van der Waals surface area contributed by atoms with Gasteiger partial charge in [-0.2, -0.15) is 0 Å². The predicted octanol–water partition coefficient (Wildman–Crippen LogP) is 2.26. The molecule has 15 heavy (non-hydrogen) atoms. The lowest BCUT2D eigenvalue weighted by Gasteiger charge is -2.19. The molecule has 2 nitrogen and oxygen atoms in total. The van der Waals surface area contributed by atoms with E-state index in [0.717, 1.165) is 0 Å². The van der Waals surface area contributed by atoms with E-state index in [1.165, 1.54) is 37.2 Å². The van der Waals surface area contributed by atoms with Gasteiger partial charge in [0.05, 0.1) is 0 Å². The summed E-state index contributed by atoms with van der Waals surface area (Å²) < 4.78 is 0. The number of benzene rings is 1. The Hall–Kier alpha value is -1.28. The molecule has 2 heteroatoms. The predicted molar refractivity (Wildman–Crippen MR) is 66.0 cm³/mol. The third kappa shape index (κ3) is 2.39. The minimum atomic E-state index is 0.605. The summed E-state index contributed by atoms with van der Waals surface area (Å²) in [5, 5.41) is 0. The molecular formula is C13H18N2. The lowest BCUT2D eigenvalue weighted by Crippen LogP contribution is -2.18. The van der Waals surface area contributed by atoms with E-state index in [4.69, 9.17) is 5.73 Å². The van der Waals surface area contributed by atoms with E-state index in [1.54, 1.807) is 0 Å². The molecule has 1 aliphatic rings. The molecule has 0 aliphatic carbocycles. The van der Waals surface area contributed by atoms with Gasteiger partial charge in [-0.15, -0.1) is 0 Å². The van der Waals surface area contributed by atoms with Gasteiger partial charge in [0.25, 0.3) is 0 Å². The Morgan fingerprint density at radius 1 is 1.20 bits per heavy atom. The molecule has 0 aromatic heterocycles. The van der Waals surface area contributed by atoms with Gasteiger partial charge in [0.15, 0.2) is 0 Å². The van der Waals surface area contributed by atoms with Gasteiger partial charge in [-0.3, -0.25) is 0 Å². The van der Waals surface area contributed by atoms with Crippen LogP contribution in [0.4, 0.5) is 5.69 Å². The fourth-order valence-corrected chi connectivity index (χ4v) is 2.07. The molecule has 0 amide bonds. The summed E-state index contributed by atoms with van der Waals surface area (Å²) in [5.74, 6) is 0. The Bertz CT molecular complexity index is 338. The zero-order valence-electron chi connectivity index (χ0n) is 9.02. The van der Waals surface area contributed by atoms with Crippen molar-refractivity contribution in [1.82, 2.24) is 0 Å². The number of nitrogens with zero attached hydrogens (tertiary/aromatic N) is 1. The Morgan fingerprint density at radius 2 is 1.93 bits per heavy atom. The monoisotopic (exact) mass is 202 g/mol. The maximum absolute atomic E-state index is 5.48. The van der Waals surface area contributed by atoms with E-state index in [0.29, 0.717) is 6.54 Å². The number of nitrogens with two attached hydrogens (primary N) is 1. The van der Waals surface area contributed by atoms with E-state index in [-0.39, 0.29) is 0 Å². The smallest absolute Gasteiger partial charge is 0.0439 e. The third-order valence-electron chi connectivity index (χ3n) is 2.82. The van der Waals surface area contributed by atoms with Gasteiger partial charge in [0.1, 0.15) is 0 Å². The molecule has 1 aliphatic heterocycles. The minimum absolute atomic E-state index is 0.605. The molecule has 0 atom stereocenters. The van der Waals surface area contributed by atoms with Crippen molar-refractivity contribution in [2.45, 2.75) is 12.8 Å². The van der Waals surface area contributed by atoms with Gasteiger partial charge in [-0.1, -0.05) is 30.4 Å². The number of anilines is 1. The van der Waals surface area contributed by atoms with Crippen LogP contribution in [0.2, 0.25) is 0 Å². The third-order valence-corrected chi connectivity index (χ3v) is 2.82. The van der Waals surface area contributed by atoms with Crippen molar-refractivity contribution in [3.63, 3.8) is 0 Å². The van der Waals surface area contributed by atoms with Crippen LogP contribution in [-0.4, -0.2) is 19.6 Å². The molecule has 0 unspecified atom stereocenters. The second-order valence-electron chi connectivity index (χ2n) is 3.89. The summed E-state index contributed by atoms with van der Waals surface area (Å²) in [6, 6.07) is 8.53. The molecule has 80 valence electrons. The van der Waals surface area contributed by atoms with Crippen molar-refractivity contribution >= 4 is 11.8 Å². The van der Waals surface area contributed by atoms with Crippen LogP contribution in [0.5, 0.6) is 0 Å². The Kier molecular flexibility index (Phi) is 3.41. The van der Waals surface area contributed by atoms with Crippen LogP contribution in [0.3, 0.4) is 0 Å². The van der Waals surface area contributed by atoms with Gasteiger partial charge in [0, 0.05) is 25.3 Å². The van der Waals surface area contributed by atoms with Crippen LogP contribution in [0.25, 0.3) is 6.08 Å². The molecule has 2 N–H and O–H groups in total. The molecule has 0 saturated carbocycles. The molecule has 0 spiro atoms. The van der Waals surface area contributed by atoms with Crippen LogP contribution >= 0.6 is 0 Å². The van der Waals surface area contributed by atoms with Crippen molar-refractivity contribution in [1.29, 1.82) is 0 Å². The van der Waals surface area contributed by atoms with Crippen LogP contribution < -0.4 is 10.6 Å². The zero-order valence-corrected chi connectivity index (χ0v) is 9.02. The first-order valence-corrected chi connectivity index (χ1v) is 5.62. The maximum Gasteiger partial charge on any atom is 0.0439 e. The van der Waals surface area contributed by atoms with Gasteiger partial charge < -0.3 is 10.6 Å². The van der Waals surface area contributed by atoms with E-state index >= 15 is 0 Å². The van der Waals surface area contributed by atoms with Crippen LogP contribution in [-0.2, 0) is 0 Å². The normalized spacial score (nSPS) is 16.5. The fourth-order valence-electron chi connectivity index (χ4n) is 2.07. The standard InChI is InChI=1S/C13H18N2/c14-9-5-7-12-6-1-2-8-13(12)15-10-3-4-11-15/h1-2,5-8H,3-4,9-11,14H2. The molecule has 1 aromatic carbocycles. The first kappa shape index (κ1) is 10.2. The van der Waals surface area contributed by atoms with Crippen LogP contribution in [0.1, 0.15) is 18.4 Å². The van der Waals surface area contributed by atoms with Crippen molar-refractivity contribution < 1.29 is 0 Å². The highest BCUT2D eigenvalue weighted by molar-refractivity contribution is 5.68. The zero-order chi connectivity index (χ0) is 10.5. The highest BCUT2D eigenvalue weighted by Crippen LogP contribution is 2.25. The van der Waals surface area contributed by atoms with Gasteiger partial charge >= 0.3 is 0 Å². The summed E-state index contributed by atoms with van der Waals surface area (Å²) in [6.45, 7) is 2.98. The van der Waals surface area contributed by atoms with Gasteiger partial charge in [-0.25, -0.2) is 0 Å². The first-order valence-electron chi connectivity index (χ1n) is 5.62. The second kappa shape index (κ2) is 4.99. The lowest BCUT2D eigenvalue weighted by molar-refractivity contribution is 0.949. The van der Waals surface area contributed by atoms with Crippen molar-refractivity contribution in [2.75, 3.05) is 24.5 Å². The van der Waals surface area contributed by atoms with Crippen LogP contribution in [0, 0.1) is 0 Å². The molecule has 1 fully saturated rings. The Morgan fingerprint density at radius 3 is 2.67 bits per heavy atom. The van der Waals surface area contributed by atoms with Gasteiger partial charge in [0.2, 0.25) is 0 Å². The highest BCUT2D eigenvalue weighted by Gasteiger charge is 2.13. The summed E-state index contributed by atoms with van der Waals surface area (Å²) >= 11 is 0. The summed E-state index contributed by atoms with van der Waals surface area (Å²) in [6.07, 6.45) is 6.76. The number of rotatable bonds is 3. The molecule has 0 radical (unpaired) electrons. The molecule has 1 heterocycles. The largest absolute Gasteiger partial charge is 0.371 e. The quantitative estimate of drug-likeness (QED) is 0.814. The van der Waals surface area contributed by atoms with Crippen molar-refractivity contribution in [3.05, 3.63) is 35.9 Å². The Balaban J connectivity index is 2.24. The molecule has 1 saturated heterocycles. The van der Waals surface area contributed by atoms with Gasteiger partial charge in [-0.05, 0) is 24.5 Å². The van der Waals surface area contributed by atoms with E-state index in [9.17, 15) is 0 Å². The van der Waals surface area contributed by atoms with E-state index < -0.39 is 0 Å². The number of hydrogen-bond acceptors (Lipinski definition) is 2. The molecule has 1 aromatic rings. The first-order chi connectivity index (χ1) is 7.42. The molecule has 0 bridgehead atoms. The van der Waals surface area contributed by atoms with Crippen molar-refractivity contribution in [2.24, 2.45) is 5.73 Å². The summed E-state index contributed by atoms with van der Waals surface area (Å²) in [7, 11) is 0. The fraction of sp³-hybridized carbons (Fsp3) is 0.385. The SMILES string of the molecule is NCC=Cc1ccccc1N1CCCC1. The average Bonchev–Trinajstić information content (AvgIpc) is 2.80.